The lowest BCUT2D eigenvalue weighted by atomic mass is 9.83. The first-order valence-corrected chi connectivity index (χ1v) is 14.3. The molecule has 4 fully saturated rings. The van der Waals surface area contributed by atoms with Gasteiger partial charge in [0.25, 0.3) is 0 Å². The lowest BCUT2D eigenvalue weighted by Gasteiger charge is -2.40. The van der Waals surface area contributed by atoms with Crippen LogP contribution in [-0.2, 0) is 9.59 Å². The Balaban J connectivity index is 1.26. The molecule has 0 bridgehead atoms. The molecule has 3 saturated carbocycles. The highest BCUT2D eigenvalue weighted by Gasteiger charge is 2.63. The van der Waals surface area contributed by atoms with Gasteiger partial charge in [0.1, 0.15) is 12.1 Å². The van der Waals surface area contributed by atoms with Gasteiger partial charge >= 0.3 is 0 Å². The highest BCUT2D eigenvalue weighted by atomic mass is 79.9. The number of halogens is 1. The van der Waals surface area contributed by atoms with Crippen LogP contribution in [0.2, 0.25) is 0 Å². The summed E-state index contributed by atoms with van der Waals surface area (Å²) < 4.78 is 1.14. The molecule has 0 radical (unpaired) electrons. The summed E-state index contributed by atoms with van der Waals surface area (Å²) >= 11 is 3.59. The molecular weight excluding hydrogens is 522 g/mol. The van der Waals surface area contributed by atoms with Gasteiger partial charge in [0.2, 0.25) is 11.8 Å². The number of nitrogens with zero attached hydrogens (tertiary/aromatic N) is 2. The maximum absolute atomic E-state index is 13.9. The van der Waals surface area contributed by atoms with Crippen LogP contribution in [0.4, 0.5) is 0 Å². The van der Waals surface area contributed by atoms with Gasteiger partial charge < -0.3 is 21.1 Å². The minimum atomic E-state index is -0.724. The quantitative estimate of drug-likeness (QED) is 0.277. The summed E-state index contributed by atoms with van der Waals surface area (Å²) in [6.45, 7) is 6.52. The summed E-state index contributed by atoms with van der Waals surface area (Å²) in [7, 11) is 0. The molecule has 5 aliphatic rings. The van der Waals surface area contributed by atoms with E-state index in [4.69, 9.17) is 11.6 Å². The number of rotatable bonds is 7. The number of β-amino-alcohol motifs (C(OH)–C–C–N with tert-alkyl or cyclic N) is 1. The van der Waals surface area contributed by atoms with Crippen LogP contribution in [0.15, 0.2) is 22.7 Å². The average Bonchev–Trinajstić information content (AvgIpc) is 3.67. The molecule has 0 aromatic rings. The van der Waals surface area contributed by atoms with Crippen molar-refractivity contribution in [1.29, 1.82) is 0 Å². The van der Waals surface area contributed by atoms with Crippen LogP contribution < -0.4 is 16.9 Å². The van der Waals surface area contributed by atoms with Crippen LogP contribution in [0.25, 0.3) is 0 Å². The number of aliphatic hydroxyl groups is 1. The van der Waals surface area contributed by atoms with Crippen LogP contribution in [-0.4, -0.2) is 70.2 Å². The number of allylic oxidation sites excluding steroid dienone is 4. The van der Waals surface area contributed by atoms with Crippen molar-refractivity contribution in [3.63, 3.8) is 0 Å². The maximum atomic E-state index is 13.9. The normalized spacial score (nSPS) is 37.2. The van der Waals surface area contributed by atoms with Crippen molar-refractivity contribution in [1.82, 2.24) is 15.2 Å². The molecule has 1 spiro atoms. The molecule has 0 aromatic carbocycles. The second-order valence-corrected chi connectivity index (χ2v) is 13.9. The van der Waals surface area contributed by atoms with Crippen molar-refractivity contribution in [2.24, 2.45) is 40.2 Å². The molecule has 1 aliphatic heterocycles. The molecule has 1 saturated heterocycles. The van der Waals surface area contributed by atoms with E-state index in [1.807, 2.05) is 20.8 Å². The zero-order valence-electron chi connectivity index (χ0n) is 21.7. The molecule has 0 aromatic heterocycles. The Morgan fingerprint density at radius 1 is 1.33 bits per heavy atom. The fourth-order valence-corrected chi connectivity index (χ4v) is 7.60. The molecule has 8 atom stereocenters. The first-order valence-electron chi connectivity index (χ1n) is 13.5. The first-order chi connectivity index (χ1) is 16.9. The molecule has 5 rings (SSSR count). The summed E-state index contributed by atoms with van der Waals surface area (Å²) in [4.78, 5) is 29.0. The Hall–Kier alpha value is -1.26. The molecular formula is C27H42BrN5O3. The van der Waals surface area contributed by atoms with Gasteiger partial charge in [-0.3, -0.25) is 15.4 Å². The Kier molecular flexibility index (Phi) is 6.94. The van der Waals surface area contributed by atoms with Gasteiger partial charge in [-0.2, -0.15) is 0 Å². The third-order valence-corrected chi connectivity index (χ3v) is 9.77. The average molecular weight is 565 g/mol. The molecule has 36 heavy (non-hydrogen) atoms. The van der Waals surface area contributed by atoms with E-state index in [2.05, 4.69) is 39.5 Å². The van der Waals surface area contributed by atoms with Crippen molar-refractivity contribution in [2.45, 2.75) is 89.6 Å². The largest absolute Gasteiger partial charge is 0.391 e. The Bertz CT molecular complexity index is 960. The van der Waals surface area contributed by atoms with E-state index in [1.165, 1.54) is 0 Å². The van der Waals surface area contributed by atoms with Crippen LogP contribution in [0, 0.1) is 28.6 Å². The van der Waals surface area contributed by atoms with Crippen molar-refractivity contribution >= 4 is 27.7 Å². The molecule has 8 unspecified atom stereocenters. The van der Waals surface area contributed by atoms with Crippen molar-refractivity contribution < 1.29 is 14.7 Å². The molecule has 2 amide bonds. The van der Waals surface area contributed by atoms with E-state index in [0.29, 0.717) is 24.3 Å². The summed E-state index contributed by atoms with van der Waals surface area (Å²) in [6.07, 6.45) is 11.7. The molecule has 200 valence electrons. The van der Waals surface area contributed by atoms with E-state index >= 15 is 0 Å². The smallest absolute Gasteiger partial charge is 0.243 e. The van der Waals surface area contributed by atoms with E-state index in [1.54, 1.807) is 9.91 Å². The van der Waals surface area contributed by atoms with Crippen molar-refractivity contribution in [3.8, 4) is 0 Å². The second-order valence-electron chi connectivity index (χ2n) is 13.0. The van der Waals surface area contributed by atoms with E-state index in [-0.39, 0.29) is 42.3 Å². The summed E-state index contributed by atoms with van der Waals surface area (Å²) in [5.41, 5.74) is 5.98. The number of fused-ring (bicyclic) bond motifs is 2. The Morgan fingerprint density at radius 2 is 2.06 bits per heavy atom. The number of hydrazine groups is 1. The van der Waals surface area contributed by atoms with E-state index in [0.717, 1.165) is 36.6 Å². The van der Waals surface area contributed by atoms with Gasteiger partial charge in [0.05, 0.1) is 6.10 Å². The molecule has 1 heterocycles. The van der Waals surface area contributed by atoms with Crippen LogP contribution >= 0.6 is 15.9 Å². The van der Waals surface area contributed by atoms with E-state index in [9.17, 15) is 14.7 Å². The Labute approximate surface area is 223 Å². The summed E-state index contributed by atoms with van der Waals surface area (Å²) in [6, 6.07) is -1.27. The summed E-state index contributed by atoms with van der Waals surface area (Å²) in [5, 5.41) is 15.3. The van der Waals surface area contributed by atoms with Crippen LogP contribution in [0.3, 0.4) is 0 Å². The summed E-state index contributed by atoms with van der Waals surface area (Å²) in [5.74, 6) is 7.53. The number of carbonyl (C=O) groups is 2. The third-order valence-electron chi connectivity index (χ3n) is 9.24. The molecule has 8 nitrogen and oxygen atoms in total. The van der Waals surface area contributed by atoms with Crippen molar-refractivity contribution in [3.05, 3.63) is 22.7 Å². The minimum absolute atomic E-state index is 0.0680. The minimum Gasteiger partial charge on any atom is -0.391 e. The number of nitrogens with one attached hydrogen (secondary N) is 1. The van der Waals surface area contributed by atoms with Gasteiger partial charge in [-0.25, -0.2) is 5.01 Å². The number of hydrogen-bond donors (Lipinski definition) is 4. The number of aliphatic hydroxyl groups excluding tert-OH is 1. The molecule has 9 heteroatoms. The zero-order chi connectivity index (χ0) is 26.0. The number of likely N-dealkylation sites (tertiary alicyclic amines) is 1. The van der Waals surface area contributed by atoms with Crippen LogP contribution in [0.1, 0.15) is 59.3 Å². The zero-order valence-corrected chi connectivity index (χ0v) is 23.3. The Morgan fingerprint density at radius 3 is 2.72 bits per heavy atom. The number of hydrogen-bond acceptors (Lipinski definition) is 6. The monoisotopic (exact) mass is 563 g/mol. The third kappa shape index (κ3) is 4.94. The number of nitrogens with two attached hydrogens (primary N) is 2. The molecule has 4 aliphatic carbocycles. The predicted octanol–water partition coefficient (Wildman–Crippen LogP) is 2.03. The van der Waals surface area contributed by atoms with Gasteiger partial charge in [-0.1, -0.05) is 54.9 Å². The van der Waals surface area contributed by atoms with Gasteiger partial charge in [-0.15, -0.1) is 0 Å². The van der Waals surface area contributed by atoms with Gasteiger partial charge in [-0.05, 0) is 60.7 Å². The van der Waals surface area contributed by atoms with Crippen LogP contribution in [0.5, 0.6) is 0 Å². The molecule has 6 N–H and O–H groups in total. The standard InChI is InChI=1S/C27H42BrN5O3/c1-26(2,3)23(33(30)14-20(29)15-4-5-15)25(36)32-13-18(34)11-21(32)24(35)31-22-12-27(22)9-8-16-10-17(28)6-7-19(16)27/h6-7,10,15-16,18-23,34H,4-5,8-9,11-14,29-30H2,1-3H3,(H,31,35). The maximum Gasteiger partial charge on any atom is 0.243 e. The highest BCUT2D eigenvalue weighted by molar-refractivity contribution is 9.11. The van der Waals surface area contributed by atoms with Gasteiger partial charge in [0, 0.05) is 36.1 Å². The highest BCUT2D eigenvalue weighted by Crippen LogP contribution is 2.64. The predicted molar refractivity (Wildman–Crippen MR) is 142 cm³/mol. The topological polar surface area (TPSA) is 125 Å². The fraction of sp³-hybridized carbons (Fsp3) is 0.778. The lowest BCUT2D eigenvalue weighted by molar-refractivity contribution is -0.146. The second kappa shape index (κ2) is 9.49. The lowest BCUT2D eigenvalue weighted by Crippen LogP contribution is -2.61. The fourth-order valence-electron chi connectivity index (χ4n) is 7.11. The SMILES string of the molecule is CC(C)(C)C(C(=O)N1CC(O)CC1C(=O)NC1CC12CCC1C=C(Br)C=CC12)N(N)CC(N)C1CC1. The first kappa shape index (κ1) is 26.4. The van der Waals surface area contributed by atoms with Gasteiger partial charge in [0.15, 0.2) is 0 Å². The number of amides is 2. The van der Waals surface area contributed by atoms with E-state index < -0.39 is 23.6 Å². The number of carbonyl (C=O) groups excluding carboxylic acids is 2. The van der Waals surface area contributed by atoms with Crippen molar-refractivity contribution in [2.75, 3.05) is 13.1 Å².